The Bertz CT molecular complexity index is 492. The molecule has 3 rings (SSSR count). The van der Waals surface area contributed by atoms with E-state index in [1.807, 2.05) is 6.92 Å². The number of anilines is 1. The number of aromatic amines is 1. The van der Waals surface area contributed by atoms with Crippen LogP contribution in [-0.2, 0) is 6.42 Å². The maximum atomic E-state index is 11.7. The third kappa shape index (κ3) is 2.52. The second kappa shape index (κ2) is 5.33. The lowest BCUT2D eigenvalue weighted by Crippen LogP contribution is -2.44. The van der Waals surface area contributed by atoms with Crippen molar-refractivity contribution in [3.05, 3.63) is 22.2 Å². The average molecular weight is 262 g/mol. The van der Waals surface area contributed by atoms with E-state index < -0.39 is 0 Å². The summed E-state index contributed by atoms with van der Waals surface area (Å²) in [5, 5.41) is 3.59. The van der Waals surface area contributed by atoms with E-state index in [-0.39, 0.29) is 5.56 Å². The minimum atomic E-state index is -0.0353. The highest BCUT2D eigenvalue weighted by atomic mass is 16.1. The minimum absolute atomic E-state index is 0.0353. The van der Waals surface area contributed by atoms with Crippen LogP contribution in [0.2, 0.25) is 0 Å². The van der Waals surface area contributed by atoms with Crippen LogP contribution in [-0.4, -0.2) is 35.1 Å². The van der Waals surface area contributed by atoms with Crippen LogP contribution in [0, 0.1) is 0 Å². The Morgan fingerprint density at radius 1 is 1.42 bits per heavy atom. The molecular weight excluding hydrogens is 240 g/mol. The summed E-state index contributed by atoms with van der Waals surface area (Å²) in [6, 6.07) is 2.71. The first-order chi connectivity index (χ1) is 9.28. The van der Waals surface area contributed by atoms with Gasteiger partial charge in [-0.15, -0.1) is 0 Å². The molecule has 0 spiro atoms. The maximum absolute atomic E-state index is 11.7. The highest BCUT2D eigenvalue weighted by molar-refractivity contribution is 5.41. The predicted molar refractivity (Wildman–Crippen MR) is 75.6 cm³/mol. The lowest BCUT2D eigenvalue weighted by molar-refractivity contribution is 0.480. The number of H-pyrrole nitrogens is 1. The molecule has 5 nitrogen and oxygen atoms in total. The molecule has 19 heavy (non-hydrogen) atoms. The molecule has 2 aliphatic heterocycles. The zero-order valence-corrected chi connectivity index (χ0v) is 11.5. The number of hydrogen-bond acceptors (Lipinski definition) is 4. The van der Waals surface area contributed by atoms with Crippen molar-refractivity contribution >= 4 is 5.82 Å². The number of aryl methyl sites for hydroxylation is 1. The predicted octanol–water partition coefficient (Wildman–Crippen LogP) is 1.05. The van der Waals surface area contributed by atoms with Crippen LogP contribution in [0.1, 0.15) is 38.4 Å². The van der Waals surface area contributed by atoms with Crippen molar-refractivity contribution in [3.8, 4) is 0 Å². The molecule has 2 unspecified atom stereocenters. The summed E-state index contributed by atoms with van der Waals surface area (Å²) in [6.07, 6.45) is 5.67. The van der Waals surface area contributed by atoms with Crippen LogP contribution in [0.25, 0.3) is 0 Å². The van der Waals surface area contributed by atoms with Gasteiger partial charge in [-0.25, -0.2) is 4.98 Å². The van der Waals surface area contributed by atoms with Crippen molar-refractivity contribution in [2.24, 2.45) is 0 Å². The first-order valence-corrected chi connectivity index (χ1v) is 7.38. The van der Waals surface area contributed by atoms with E-state index in [0.717, 1.165) is 31.2 Å². The maximum Gasteiger partial charge on any atom is 0.252 e. The molecule has 0 saturated carbocycles. The van der Waals surface area contributed by atoms with Crippen LogP contribution in [0.4, 0.5) is 5.82 Å². The average Bonchev–Trinajstić information content (AvgIpc) is 3.08. The first-order valence-electron chi connectivity index (χ1n) is 7.38. The van der Waals surface area contributed by atoms with Crippen LogP contribution >= 0.6 is 0 Å². The SMILES string of the molecule is CCc1nc(N2CCCC2C2CCCN2)cc(=O)[nH]1. The molecule has 1 aromatic rings. The summed E-state index contributed by atoms with van der Waals surface area (Å²) < 4.78 is 0. The third-order valence-corrected chi connectivity index (χ3v) is 4.27. The molecule has 0 aliphatic carbocycles. The van der Waals surface area contributed by atoms with Crippen LogP contribution < -0.4 is 15.8 Å². The molecule has 2 saturated heterocycles. The van der Waals surface area contributed by atoms with Crippen molar-refractivity contribution in [3.63, 3.8) is 0 Å². The van der Waals surface area contributed by atoms with Crippen LogP contribution in [0.3, 0.4) is 0 Å². The Hall–Kier alpha value is -1.36. The molecule has 0 radical (unpaired) electrons. The van der Waals surface area contributed by atoms with E-state index in [0.29, 0.717) is 12.1 Å². The third-order valence-electron chi connectivity index (χ3n) is 4.27. The number of nitrogens with zero attached hydrogens (tertiary/aromatic N) is 2. The van der Waals surface area contributed by atoms with Gasteiger partial charge in [0.2, 0.25) is 0 Å². The molecule has 2 fully saturated rings. The summed E-state index contributed by atoms with van der Waals surface area (Å²) in [5.41, 5.74) is -0.0353. The van der Waals surface area contributed by atoms with Gasteiger partial charge in [0.15, 0.2) is 0 Å². The highest BCUT2D eigenvalue weighted by Crippen LogP contribution is 2.28. The van der Waals surface area contributed by atoms with Crippen molar-refractivity contribution in [2.45, 2.75) is 51.1 Å². The molecule has 3 heterocycles. The standard InChI is InChI=1S/C14H22N4O/c1-2-12-16-13(9-14(19)17-12)18-8-4-6-11(18)10-5-3-7-15-10/h9-11,15H,2-8H2,1H3,(H,16,17,19). The largest absolute Gasteiger partial charge is 0.352 e. The second-order valence-corrected chi connectivity index (χ2v) is 5.51. The van der Waals surface area contributed by atoms with Gasteiger partial charge in [-0.1, -0.05) is 6.92 Å². The van der Waals surface area contributed by atoms with Gasteiger partial charge < -0.3 is 15.2 Å². The topological polar surface area (TPSA) is 61.0 Å². The summed E-state index contributed by atoms with van der Waals surface area (Å²) in [5.74, 6) is 1.64. The normalized spacial score (nSPS) is 27.1. The van der Waals surface area contributed by atoms with Gasteiger partial charge in [-0.3, -0.25) is 4.79 Å². The zero-order valence-electron chi connectivity index (χ0n) is 11.5. The van der Waals surface area contributed by atoms with E-state index >= 15 is 0 Å². The number of aromatic nitrogens is 2. The molecule has 1 aromatic heterocycles. The molecule has 2 atom stereocenters. The molecule has 0 bridgehead atoms. The van der Waals surface area contributed by atoms with Crippen molar-refractivity contribution < 1.29 is 0 Å². The fourth-order valence-electron chi connectivity index (χ4n) is 3.34. The Morgan fingerprint density at radius 3 is 3.05 bits per heavy atom. The number of nitrogens with one attached hydrogen (secondary N) is 2. The summed E-state index contributed by atoms with van der Waals surface area (Å²) >= 11 is 0. The highest BCUT2D eigenvalue weighted by Gasteiger charge is 2.34. The molecule has 104 valence electrons. The Kier molecular flexibility index (Phi) is 3.55. The van der Waals surface area contributed by atoms with E-state index in [1.165, 1.54) is 25.7 Å². The quantitative estimate of drug-likeness (QED) is 0.855. The van der Waals surface area contributed by atoms with E-state index in [4.69, 9.17) is 0 Å². The van der Waals surface area contributed by atoms with Gasteiger partial charge in [0, 0.05) is 31.1 Å². The Morgan fingerprint density at radius 2 is 2.32 bits per heavy atom. The summed E-state index contributed by atoms with van der Waals surface area (Å²) in [4.78, 5) is 21.4. The zero-order chi connectivity index (χ0) is 13.2. The first kappa shape index (κ1) is 12.7. The lowest BCUT2D eigenvalue weighted by atomic mass is 10.0. The summed E-state index contributed by atoms with van der Waals surface area (Å²) in [7, 11) is 0. The van der Waals surface area contributed by atoms with Crippen molar-refractivity contribution in [1.82, 2.24) is 15.3 Å². The number of hydrogen-bond donors (Lipinski definition) is 2. The fourth-order valence-corrected chi connectivity index (χ4v) is 3.34. The van der Waals surface area contributed by atoms with Crippen molar-refractivity contribution in [1.29, 1.82) is 0 Å². The number of rotatable bonds is 3. The van der Waals surface area contributed by atoms with Gasteiger partial charge in [-0.2, -0.15) is 0 Å². The molecule has 2 N–H and O–H groups in total. The van der Waals surface area contributed by atoms with E-state index in [2.05, 4.69) is 20.2 Å². The van der Waals surface area contributed by atoms with Crippen molar-refractivity contribution in [2.75, 3.05) is 18.0 Å². The van der Waals surface area contributed by atoms with Gasteiger partial charge in [-0.05, 0) is 32.2 Å². The molecule has 0 amide bonds. The monoisotopic (exact) mass is 262 g/mol. The molecular formula is C14H22N4O. The minimum Gasteiger partial charge on any atom is -0.352 e. The van der Waals surface area contributed by atoms with Gasteiger partial charge in [0.05, 0.1) is 0 Å². The van der Waals surface area contributed by atoms with E-state index in [9.17, 15) is 4.79 Å². The molecule has 2 aliphatic rings. The Labute approximate surface area is 113 Å². The van der Waals surface area contributed by atoms with Gasteiger partial charge in [0.1, 0.15) is 11.6 Å². The summed E-state index contributed by atoms with van der Waals surface area (Å²) in [6.45, 7) is 4.16. The van der Waals surface area contributed by atoms with Gasteiger partial charge in [0.25, 0.3) is 5.56 Å². The lowest BCUT2D eigenvalue weighted by Gasteiger charge is -2.30. The molecule has 0 aromatic carbocycles. The second-order valence-electron chi connectivity index (χ2n) is 5.51. The fraction of sp³-hybridized carbons (Fsp3) is 0.714. The van der Waals surface area contributed by atoms with Crippen LogP contribution in [0.5, 0.6) is 0 Å². The van der Waals surface area contributed by atoms with Crippen LogP contribution in [0.15, 0.2) is 10.9 Å². The van der Waals surface area contributed by atoms with E-state index in [1.54, 1.807) is 6.07 Å². The smallest absolute Gasteiger partial charge is 0.252 e. The molecule has 5 heteroatoms. The Balaban J connectivity index is 1.87. The van der Waals surface area contributed by atoms with Gasteiger partial charge >= 0.3 is 0 Å².